The van der Waals surface area contributed by atoms with E-state index in [1.54, 1.807) is 0 Å². The average Bonchev–Trinajstić information content (AvgIpc) is 2.53. The lowest BCUT2D eigenvalue weighted by Crippen LogP contribution is -2.49. The third-order valence-electron chi connectivity index (χ3n) is 4.00. The maximum Gasteiger partial charge on any atom is 0.414 e. The lowest BCUT2D eigenvalue weighted by Gasteiger charge is -2.32. The molecule has 1 unspecified atom stereocenters. The van der Waals surface area contributed by atoms with Gasteiger partial charge in [-0.15, -0.1) is 0 Å². The molecule has 6 heteroatoms. The summed E-state index contributed by atoms with van der Waals surface area (Å²) < 4.78 is 0. The first-order valence-electron chi connectivity index (χ1n) is 7.32. The van der Waals surface area contributed by atoms with Gasteiger partial charge in [-0.3, -0.25) is 4.79 Å². The Labute approximate surface area is 138 Å². The highest BCUT2D eigenvalue weighted by Gasteiger charge is 2.37. The van der Waals surface area contributed by atoms with Gasteiger partial charge in [-0.2, -0.15) is 0 Å². The van der Waals surface area contributed by atoms with Gasteiger partial charge >= 0.3 is 6.09 Å². The number of carbonyl (C=O) groups excluding carboxylic acids is 1. The molecule has 0 saturated heterocycles. The standard InChI is InChI=1S/C17H15ClN2O3/c18-15-9-8-13-14(19-15)10-12(20(16(13)21)17(22)23)7-6-11-4-2-1-3-5-11/h1-5,8-9,12H,6-7,10H2,(H,22,23). The number of imide groups is 1. The van der Waals surface area contributed by atoms with Crippen LogP contribution in [0.25, 0.3) is 0 Å². The molecule has 1 atom stereocenters. The van der Waals surface area contributed by atoms with Crippen molar-refractivity contribution in [1.82, 2.24) is 9.88 Å². The Balaban J connectivity index is 1.86. The van der Waals surface area contributed by atoms with Crippen LogP contribution in [-0.2, 0) is 12.8 Å². The van der Waals surface area contributed by atoms with Crippen molar-refractivity contribution in [3.63, 3.8) is 0 Å². The highest BCUT2D eigenvalue weighted by molar-refractivity contribution is 6.29. The molecule has 23 heavy (non-hydrogen) atoms. The van der Waals surface area contributed by atoms with Crippen LogP contribution in [0.1, 0.15) is 28.0 Å². The van der Waals surface area contributed by atoms with E-state index in [1.807, 2.05) is 30.3 Å². The summed E-state index contributed by atoms with van der Waals surface area (Å²) in [6.45, 7) is 0. The van der Waals surface area contributed by atoms with Gasteiger partial charge in [0.2, 0.25) is 0 Å². The summed E-state index contributed by atoms with van der Waals surface area (Å²) in [5, 5.41) is 9.72. The molecule has 1 N–H and O–H groups in total. The fraction of sp³-hybridized carbons (Fsp3) is 0.235. The van der Waals surface area contributed by atoms with Gasteiger partial charge in [-0.25, -0.2) is 14.7 Å². The van der Waals surface area contributed by atoms with Gasteiger partial charge in [0.1, 0.15) is 5.15 Å². The van der Waals surface area contributed by atoms with Gasteiger partial charge in [-0.1, -0.05) is 41.9 Å². The van der Waals surface area contributed by atoms with Crippen molar-refractivity contribution in [3.8, 4) is 0 Å². The topological polar surface area (TPSA) is 70.5 Å². The van der Waals surface area contributed by atoms with Crippen LogP contribution >= 0.6 is 11.6 Å². The number of carbonyl (C=O) groups is 2. The Hall–Kier alpha value is -2.40. The van der Waals surface area contributed by atoms with Crippen molar-refractivity contribution in [2.75, 3.05) is 0 Å². The van der Waals surface area contributed by atoms with E-state index >= 15 is 0 Å². The third kappa shape index (κ3) is 3.19. The number of hydrogen-bond acceptors (Lipinski definition) is 3. The van der Waals surface area contributed by atoms with Crippen molar-refractivity contribution in [2.24, 2.45) is 0 Å². The van der Waals surface area contributed by atoms with Crippen molar-refractivity contribution in [2.45, 2.75) is 25.3 Å². The molecule has 5 nitrogen and oxygen atoms in total. The maximum absolute atomic E-state index is 12.5. The summed E-state index contributed by atoms with van der Waals surface area (Å²) in [6.07, 6.45) is 0.406. The monoisotopic (exact) mass is 330 g/mol. The van der Waals surface area contributed by atoms with Gasteiger partial charge in [-0.05, 0) is 30.5 Å². The van der Waals surface area contributed by atoms with Crippen LogP contribution < -0.4 is 0 Å². The third-order valence-corrected chi connectivity index (χ3v) is 4.21. The van der Waals surface area contributed by atoms with Gasteiger partial charge in [0, 0.05) is 12.5 Å². The number of nitrogens with zero attached hydrogens (tertiary/aromatic N) is 2. The van der Waals surface area contributed by atoms with Crippen molar-refractivity contribution < 1.29 is 14.7 Å². The number of pyridine rings is 1. The fourth-order valence-electron chi connectivity index (χ4n) is 2.89. The Bertz CT molecular complexity index is 749. The van der Waals surface area contributed by atoms with E-state index in [2.05, 4.69) is 4.98 Å². The van der Waals surface area contributed by atoms with Crippen molar-refractivity contribution >= 4 is 23.6 Å². The lowest BCUT2D eigenvalue weighted by molar-refractivity contribution is 0.0628. The van der Waals surface area contributed by atoms with E-state index in [9.17, 15) is 14.7 Å². The molecule has 1 aliphatic heterocycles. The van der Waals surface area contributed by atoms with Crippen molar-refractivity contribution in [1.29, 1.82) is 0 Å². The predicted octanol–water partition coefficient (Wildman–Crippen LogP) is 3.41. The number of fused-ring (bicyclic) bond motifs is 1. The Morgan fingerprint density at radius 2 is 2.00 bits per heavy atom. The maximum atomic E-state index is 12.5. The number of halogens is 1. The summed E-state index contributed by atoms with van der Waals surface area (Å²) in [6, 6.07) is 12.4. The Morgan fingerprint density at radius 1 is 1.26 bits per heavy atom. The minimum Gasteiger partial charge on any atom is -0.465 e. The van der Waals surface area contributed by atoms with Gasteiger partial charge in [0.15, 0.2) is 0 Å². The molecular formula is C17H15ClN2O3. The smallest absolute Gasteiger partial charge is 0.414 e. The van der Waals surface area contributed by atoms with Crippen molar-refractivity contribution in [3.05, 3.63) is 64.4 Å². The van der Waals surface area contributed by atoms with E-state index in [4.69, 9.17) is 11.6 Å². The first kappa shape index (κ1) is 15.5. The molecule has 118 valence electrons. The normalized spacial score (nSPS) is 17.0. The molecule has 0 fully saturated rings. The molecule has 1 aromatic carbocycles. The molecule has 0 aliphatic carbocycles. The Morgan fingerprint density at radius 3 is 2.70 bits per heavy atom. The van der Waals surface area contributed by atoms with Gasteiger partial charge in [0.05, 0.1) is 11.3 Å². The molecule has 0 bridgehead atoms. The van der Waals surface area contributed by atoms with Crippen LogP contribution in [0, 0.1) is 0 Å². The van der Waals surface area contributed by atoms with Crippen LogP contribution in [0.15, 0.2) is 42.5 Å². The first-order chi connectivity index (χ1) is 11.1. The largest absolute Gasteiger partial charge is 0.465 e. The molecule has 0 radical (unpaired) electrons. The molecular weight excluding hydrogens is 316 g/mol. The second kappa shape index (κ2) is 6.38. The van der Waals surface area contributed by atoms with E-state index in [1.165, 1.54) is 12.1 Å². The number of hydrogen-bond donors (Lipinski definition) is 1. The first-order valence-corrected chi connectivity index (χ1v) is 7.70. The predicted molar refractivity (Wildman–Crippen MR) is 85.7 cm³/mol. The van der Waals surface area contributed by atoms with Crippen LogP contribution in [0.3, 0.4) is 0 Å². The lowest BCUT2D eigenvalue weighted by atomic mass is 9.93. The zero-order chi connectivity index (χ0) is 16.4. The van der Waals surface area contributed by atoms with Gasteiger partial charge < -0.3 is 5.11 Å². The van der Waals surface area contributed by atoms with Crippen LogP contribution in [0.2, 0.25) is 5.15 Å². The molecule has 0 spiro atoms. The number of carboxylic acid groups (broad SMARTS) is 1. The van der Waals surface area contributed by atoms with Gasteiger partial charge in [0.25, 0.3) is 5.91 Å². The molecule has 1 aromatic heterocycles. The number of rotatable bonds is 3. The summed E-state index contributed by atoms with van der Waals surface area (Å²) in [5.74, 6) is -0.527. The Kier molecular flexibility index (Phi) is 4.30. The second-order valence-corrected chi connectivity index (χ2v) is 5.86. The highest BCUT2D eigenvalue weighted by Crippen LogP contribution is 2.26. The number of amides is 2. The van der Waals surface area contributed by atoms with Crippen LogP contribution in [0.5, 0.6) is 0 Å². The van der Waals surface area contributed by atoms with E-state index < -0.39 is 18.0 Å². The summed E-state index contributed by atoms with van der Waals surface area (Å²) in [7, 11) is 0. The second-order valence-electron chi connectivity index (χ2n) is 5.47. The molecule has 0 saturated carbocycles. The molecule has 2 heterocycles. The number of benzene rings is 1. The summed E-state index contributed by atoms with van der Waals surface area (Å²) >= 11 is 5.89. The molecule has 2 amide bonds. The van der Waals surface area contributed by atoms with E-state index in [0.717, 1.165) is 10.5 Å². The average molecular weight is 331 g/mol. The highest BCUT2D eigenvalue weighted by atomic mass is 35.5. The molecule has 2 aromatic rings. The fourth-order valence-corrected chi connectivity index (χ4v) is 3.05. The zero-order valence-electron chi connectivity index (χ0n) is 12.3. The molecule has 3 rings (SSSR count). The molecule has 1 aliphatic rings. The number of aryl methyl sites for hydroxylation is 1. The zero-order valence-corrected chi connectivity index (χ0v) is 13.0. The minimum atomic E-state index is -1.23. The van der Waals surface area contributed by atoms with Crippen LogP contribution in [0.4, 0.5) is 4.79 Å². The van der Waals surface area contributed by atoms with E-state index in [0.29, 0.717) is 35.7 Å². The summed E-state index contributed by atoms with van der Waals surface area (Å²) in [4.78, 5) is 29.1. The van der Waals surface area contributed by atoms with E-state index in [-0.39, 0.29) is 0 Å². The minimum absolute atomic E-state index is 0.308. The number of aromatic nitrogens is 1. The summed E-state index contributed by atoms with van der Waals surface area (Å²) in [5.41, 5.74) is 1.99. The SMILES string of the molecule is O=C(O)N1C(=O)c2ccc(Cl)nc2CC1CCc1ccccc1. The quantitative estimate of drug-likeness (QED) is 0.875. The van der Waals surface area contributed by atoms with Crippen LogP contribution in [-0.4, -0.2) is 33.0 Å².